The molecule has 0 bridgehead atoms. The molecule has 0 spiro atoms. The van der Waals surface area contributed by atoms with E-state index in [2.05, 4.69) is 16.0 Å². The lowest BCUT2D eigenvalue weighted by atomic mass is 10.4. The van der Waals surface area contributed by atoms with Gasteiger partial charge in [0.1, 0.15) is 11.5 Å². The summed E-state index contributed by atoms with van der Waals surface area (Å²) in [6.07, 6.45) is 0. The van der Waals surface area contributed by atoms with E-state index in [1.807, 2.05) is 0 Å². The highest BCUT2D eigenvalue weighted by Gasteiger charge is 2.10. The summed E-state index contributed by atoms with van der Waals surface area (Å²) < 4.78 is 4.84. The van der Waals surface area contributed by atoms with Crippen LogP contribution in [0.3, 0.4) is 0 Å². The summed E-state index contributed by atoms with van der Waals surface area (Å²) >= 11 is 0. The summed E-state index contributed by atoms with van der Waals surface area (Å²) in [5.74, 6) is 0.0495. The normalized spacial score (nSPS) is 11.6. The van der Waals surface area contributed by atoms with E-state index in [1.165, 1.54) is 0 Å². The van der Waals surface area contributed by atoms with Gasteiger partial charge in [0.25, 0.3) is 5.91 Å². The Kier molecular flexibility index (Phi) is 6.30. The standard InChI is InChI=1S/C8H18N4O2/c1-10-7(9)6(8(13)11-2)12-4-5-14-3/h10,12H,4-5,9H2,1-3H3,(H,11,13)/b7-6+. The third-order valence-electron chi connectivity index (χ3n) is 1.60. The first-order valence-corrected chi connectivity index (χ1v) is 4.29. The van der Waals surface area contributed by atoms with E-state index >= 15 is 0 Å². The number of hydrogen-bond acceptors (Lipinski definition) is 5. The molecular weight excluding hydrogens is 184 g/mol. The number of methoxy groups -OCH3 is 1. The topological polar surface area (TPSA) is 88.4 Å². The van der Waals surface area contributed by atoms with E-state index in [4.69, 9.17) is 10.5 Å². The molecule has 0 aromatic heterocycles. The van der Waals surface area contributed by atoms with E-state index in [0.717, 1.165) is 0 Å². The van der Waals surface area contributed by atoms with Crippen molar-refractivity contribution in [3.63, 3.8) is 0 Å². The van der Waals surface area contributed by atoms with Crippen molar-refractivity contribution in [1.29, 1.82) is 0 Å². The Morgan fingerprint density at radius 3 is 2.43 bits per heavy atom. The fourth-order valence-corrected chi connectivity index (χ4v) is 0.826. The molecule has 14 heavy (non-hydrogen) atoms. The lowest BCUT2D eigenvalue weighted by molar-refractivity contribution is -0.117. The summed E-state index contributed by atoms with van der Waals surface area (Å²) in [7, 11) is 4.78. The summed E-state index contributed by atoms with van der Waals surface area (Å²) in [4.78, 5) is 11.3. The van der Waals surface area contributed by atoms with E-state index in [1.54, 1.807) is 21.2 Å². The number of amides is 1. The van der Waals surface area contributed by atoms with Gasteiger partial charge in [-0.3, -0.25) is 4.79 Å². The average molecular weight is 202 g/mol. The van der Waals surface area contributed by atoms with Gasteiger partial charge >= 0.3 is 0 Å². The number of hydrogen-bond donors (Lipinski definition) is 4. The van der Waals surface area contributed by atoms with Crippen molar-refractivity contribution in [3.8, 4) is 0 Å². The molecule has 0 unspecified atom stereocenters. The van der Waals surface area contributed by atoms with Crippen molar-refractivity contribution >= 4 is 5.91 Å². The summed E-state index contributed by atoms with van der Waals surface area (Å²) in [6.45, 7) is 1.04. The SMILES string of the molecule is CNC(=O)/C(NCCOC)=C(/N)NC. The predicted molar refractivity (Wildman–Crippen MR) is 54.2 cm³/mol. The maximum absolute atomic E-state index is 11.3. The monoisotopic (exact) mass is 202 g/mol. The average Bonchev–Trinajstić information content (AvgIpc) is 2.22. The molecule has 0 aliphatic rings. The van der Waals surface area contributed by atoms with Crippen LogP contribution in [0.2, 0.25) is 0 Å². The minimum absolute atomic E-state index is 0.257. The zero-order valence-electron chi connectivity index (χ0n) is 8.81. The smallest absolute Gasteiger partial charge is 0.270 e. The van der Waals surface area contributed by atoms with Gasteiger partial charge in [-0.25, -0.2) is 0 Å². The number of ether oxygens (including phenoxy) is 1. The Hall–Kier alpha value is -1.43. The van der Waals surface area contributed by atoms with Gasteiger partial charge in [0.05, 0.1) is 6.61 Å². The molecule has 0 aliphatic carbocycles. The number of likely N-dealkylation sites (N-methyl/N-ethyl adjacent to an activating group) is 1. The van der Waals surface area contributed by atoms with Crippen LogP contribution < -0.4 is 21.7 Å². The molecule has 82 valence electrons. The highest BCUT2D eigenvalue weighted by molar-refractivity contribution is 5.93. The molecule has 6 nitrogen and oxygen atoms in total. The molecule has 0 saturated heterocycles. The number of carbonyl (C=O) groups is 1. The molecule has 6 heteroatoms. The molecule has 0 atom stereocenters. The molecule has 5 N–H and O–H groups in total. The fourth-order valence-electron chi connectivity index (χ4n) is 0.826. The van der Waals surface area contributed by atoms with Crippen LogP contribution in [0.5, 0.6) is 0 Å². The minimum Gasteiger partial charge on any atom is -0.384 e. The Morgan fingerprint density at radius 2 is 2.00 bits per heavy atom. The van der Waals surface area contributed by atoms with Gasteiger partial charge in [-0.2, -0.15) is 0 Å². The number of nitrogens with one attached hydrogen (secondary N) is 3. The molecule has 0 rings (SSSR count). The first kappa shape index (κ1) is 12.6. The van der Waals surface area contributed by atoms with E-state index < -0.39 is 0 Å². The third-order valence-corrected chi connectivity index (χ3v) is 1.60. The molecule has 0 saturated carbocycles. The Balaban J connectivity index is 4.34. The van der Waals surface area contributed by atoms with Crippen LogP contribution in [0, 0.1) is 0 Å². The van der Waals surface area contributed by atoms with Gasteiger partial charge in [-0.1, -0.05) is 0 Å². The van der Waals surface area contributed by atoms with E-state index in [0.29, 0.717) is 24.7 Å². The molecule has 0 fully saturated rings. The lowest BCUT2D eigenvalue weighted by Gasteiger charge is -2.12. The summed E-state index contributed by atoms with van der Waals surface area (Å²) in [6, 6.07) is 0. The highest BCUT2D eigenvalue weighted by Crippen LogP contribution is 1.91. The predicted octanol–water partition coefficient (Wildman–Crippen LogP) is -1.68. The van der Waals surface area contributed by atoms with Crippen molar-refractivity contribution in [3.05, 3.63) is 11.5 Å². The molecule has 0 aromatic carbocycles. The quantitative estimate of drug-likeness (QED) is 0.305. The fraction of sp³-hybridized carbons (Fsp3) is 0.625. The van der Waals surface area contributed by atoms with Crippen LogP contribution in [0.15, 0.2) is 11.5 Å². The van der Waals surface area contributed by atoms with Crippen molar-refractivity contribution < 1.29 is 9.53 Å². The second kappa shape index (κ2) is 7.02. The van der Waals surface area contributed by atoms with Gasteiger partial charge in [-0.05, 0) is 0 Å². The lowest BCUT2D eigenvalue weighted by Crippen LogP contribution is -2.36. The molecule has 0 aliphatic heterocycles. The first-order valence-electron chi connectivity index (χ1n) is 4.29. The van der Waals surface area contributed by atoms with Gasteiger partial charge in [0.15, 0.2) is 0 Å². The van der Waals surface area contributed by atoms with Crippen LogP contribution >= 0.6 is 0 Å². The Labute approximate surface area is 83.9 Å². The molecular formula is C8H18N4O2. The van der Waals surface area contributed by atoms with Crippen LogP contribution in [0.1, 0.15) is 0 Å². The van der Waals surface area contributed by atoms with E-state index in [9.17, 15) is 4.79 Å². The van der Waals surface area contributed by atoms with Gasteiger partial charge < -0.3 is 26.4 Å². The number of carbonyl (C=O) groups excluding carboxylic acids is 1. The Bertz CT molecular complexity index is 215. The molecule has 0 heterocycles. The van der Waals surface area contributed by atoms with Crippen LogP contribution in [0.25, 0.3) is 0 Å². The Morgan fingerprint density at radius 1 is 1.36 bits per heavy atom. The first-order chi connectivity index (χ1) is 6.67. The molecule has 0 aromatic rings. The van der Waals surface area contributed by atoms with Crippen molar-refractivity contribution in [2.75, 3.05) is 34.4 Å². The van der Waals surface area contributed by atoms with Crippen LogP contribution in [-0.4, -0.2) is 40.3 Å². The second-order valence-electron chi connectivity index (χ2n) is 2.54. The van der Waals surface area contributed by atoms with E-state index in [-0.39, 0.29) is 5.91 Å². The zero-order chi connectivity index (χ0) is 11.0. The van der Waals surface area contributed by atoms with Crippen molar-refractivity contribution in [2.45, 2.75) is 0 Å². The van der Waals surface area contributed by atoms with Gasteiger partial charge in [-0.15, -0.1) is 0 Å². The summed E-state index contributed by atoms with van der Waals surface area (Å²) in [5.41, 5.74) is 5.91. The van der Waals surface area contributed by atoms with Crippen LogP contribution in [0.4, 0.5) is 0 Å². The number of rotatable bonds is 6. The third kappa shape index (κ3) is 3.99. The second-order valence-corrected chi connectivity index (χ2v) is 2.54. The van der Waals surface area contributed by atoms with Crippen molar-refractivity contribution in [2.24, 2.45) is 5.73 Å². The molecule has 0 radical (unpaired) electrons. The maximum Gasteiger partial charge on any atom is 0.270 e. The largest absolute Gasteiger partial charge is 0.384 e. The molecule has 1 amide bonds. The van der Waals surface area contributed by atoms with Gasteiger partial charge in [0.2, 0.25) is 0 Å². The maximum atomic E-state index is 11.3. The zero-order valence-corrected chi connectivity index (χ0v) is 8.81. The minimum atomic E-state index is -0.257. The van der Waals surface area contributed by atoms with Gasteiger partial charge in [0, 0.05) is 27.7 Å². The highest BCUT2D eigenvalue weighted by atomic mass is 16.5. The summed E-state index contributed by atoms with van der Waals surface area (Å²) in [5, 5.41) is 8.06. The van der Waals surface area contributed by atoms with Crippen LogP contribution in [-0.2, 0) is 9.53 Å². The number of nitrogens with two attached hydrogens (primary N) is 1. The van der Waals surface area contributed by atoms with Crippen molar-refractivity contribution in [1.82, 2.24) is 16.0 Å².